The number of nitrogen functional groups attached to an aromatic ring is 4. The Kier molecular flexibility index (Phi) is 41.1. The van der Waals surface area contributed by atoms with E-state index in [0.717, 1.165) is 118 Å². The minimum absolute atomic E-state index is 0.000000000000000222. The molecule has 7 fully saturated rings. The van der Waals surface area contributed by atoms with Gasteiger partial charge in [0.15, 0.2) is 72.7 Å². The van der Waals surface area contributed by atoms with Gasteiger partial charge in [-0.05, 0) is 132 Å². The number of hydrogen-bond donors (Lipinski definition) is 15. The molecule has 0 bridgehead atoms. The first-order valence-electron chi connectivity index (χ1n) is 44.1. The molecule has 0 spiro atoms. The number of ether oxygens (including phenoxy) is 6. The van der Waals surface area contributed by atoms with Crippen LogP contribution in [0.25, 0.3) is 22.3 Å². The van der Waals surface area contributed by atoms with Crippen molar-refractivity contribution in [2.24, 2.45) is 28.6 Å². The van der Waals surface area contributed by atoms with Crippen LogP contribution in [0.2, 0.25) is 0 Å². The SMILES string of the molecule is CCCSc1nc(N)nc2c1ncn2CCO.CCCSc1nc(N)nc2c1ncn2CCOCP(=O)(OCC(F)(F)F)OCC(F)(F)F.C[C@@H]1C[C@@H](O)[C@H](CO)O1.C[C@@H]1C[C@@H](O)[C@H](O)O1.C[C@]12CC[C@H](O)CC1=CCC1C2CC[C@]2(C)C(=O)CCC12.Cc1cn([C@H]2O[C@@H](CO)[C@H](O)[C@H]2F)c(=O)[nH]c1=O.Nc1nc(=O)n([C@@H]2C=C[C@H](CO)O2)cc1F.Nc1nc(=O)n([C@@H]2CC[C@H](CO)O2)cc1F. The molecule has 16 rings (SSSR count). The number of ketones is 1. The number of aliphatic hydroxyl groups excluding tert-OH is 10. The summed E-state index contributed by atoms with van der Waals surface area (Å²) in [5.74, 6) is 2.19. The number of rotatable bonds is 24. The van der Waals surface area contributed by atoms with E-state index >= 15 is 0 Å². The van der Waals surface area contributed by atoms with Gasteiger partial charge in [-0.3, -0.25) is 41.9 Å². The number of halogens is 9. The number of Topliss-reactive ketones (excluding diaryl/α,β-unsaturated/α-hetero) is 1. The Hall–Kier alpha value is -8.53. The number of hydrogen-bond acceptors (Lipinski definition) is 38. The first-order valence-corrected chi connectivity index (χ1v) is 47.8. The molecular formula is C83H120F9N18O24PS2. The van der Waals surface area contributed by atoms with E-state index in [0.29, 0.717) is 77.1 Å². The highest BCUT2D eigenvalue weighted by atomic mass is 32.2. The molecule has 9 aliphatic rings. The second-order valence-corrected chi connectivity index (χ2v) is 38.3. The zero-order valence-electron chi connectivity index (χ0n) is 76.1. The summed E-state index contributed by atoms with van der Waals surface area (Å²) < 4.78 is 171. The van der Waals surface area contributed by atoms with Gasteiger partial charge in [0, 0.05) is 49.5 Å². The topological polar surface area (TPSA) is 626 Å². The van der Waals surface area contributed by atoms with E-state index in [1.54, 1.807) is 34.8 Å². The number of nitrogens with zero attached hydrogens (tertiary/aromatic N) is 13. The normalized spacial score (nSPS) is 28.1. The molecule has 12 heterocycles. The third kappa shape index (κ3) is 30.0. The maximum Gasteiger partial charge on any atom is 0.412 e. The molecule has 0 aromatic carbocycles. The first kappa shape index (κ1) is 112. The minimum Gasteiger partial charge on any atom is -0.395 e. The van der Waals surface area contributed by atoms with Crippen molar-refractivity contribution in [2.75, 3.05) is 93.6 Å². The van der Waals surface area contributed by atoms with E-state index in [2.05, 4.69) is 75.8 Å². The number of carbonyl (C=O) groups excluding carboxylic acids is 1. The highest BCUT2D eigenvalue weighted by Gasteiger charge is 2.59. The molecule has 3 unspecified atom stereocenters. The zero-order chi connectivity index (χ0) is 101. The Morgan fingerprint density at radius 3 is 1.68 bits per heavy atom. The smallest absolute Gasteiger partial charge is 0.395 e. The molecule has 3 saturated carbocycles. The van der Waals surface area contributed by atoms with Crippen molar-refractivity contribution in [1.82, 2.24) is 67.7 Å². The summed E-state index contributed by atoms with van der Waals surface area (Å²) in [6.45, 7) is 9.18. The summed E-state index contributed by atoms with van der Waals surface area (Å²) >= 11 is 3.06. The zero-order valence-corrected chi connectivity index (χ0v) is 78.6. The van der Waals surface area contributed by atoms with Gasteiger partial charge < -0.3 is 112 Å². The summed E-state index contributed by atoms with van der Waals surface area (Å²) in [5.41, 5.74) is 23.3. The lowest BCUT2D eigenvalue weighted by Gasteiger charge is -2.56. The van der Waals surface area contributed by atoms with Gasteiger partial charge in [-0.25, -0.2) is 47.5 Å². The first-order chi connectivity index (χ1) is 64.6. The third-order valence-corrected chi connectivity index (χ3v) is 27.9. The fraction of sp³-hybridized carbons (Fsp3) is 0.675. The number of thioether (sulfide) groups is 2. The molecule has 42 nitrogen and oxygen atoms in total. The maximum atomic E-state index is 13.8. The van der Waals surface area contributed by atoms with E-state index in [1.807, 2.05) is 25.8 Å². The summed E-state index contributed by atoms with van der Waals surface area (Å²) in [4.78, 5) is 91.7. The van der Waals surface area contributed by atoms with Crippen LogP contribution in [0.1, 0.15) is 156 Å². The Balaban J connectivity index is 0.000000180. The molecule has 137 heavy (non-hydrogen) atoms. The van der Waals surface area contributed by atoms with Gasteiger partial charge in [-0.1, -0.05) is 45.4 Å². The lowest BCUT2D eigenvalue weighted by Crippen LogP contribution is -2.50. The standard InChI is InChI=1S/C19H28O2.C15H20F6N5O4PS.C10H13FN2O5.C10H15N5OS.C9H12FN3O3.C9H10FN3O3.C6H12O3.C5H10O3/c1-18-9-7-13(20)11-12(18)3-4-14-15-5-6-17(21)19(15,2)10-8-16(14)18;1-2-5-32-12-10-11(24-13(22)25-12)26(8-23-10)3-4-28-9-31(27,29-6-14(16,17)18)30-7-15(19,20)21;1-4-2-13(10(17)12-8(4)16)9-6(11)7(15)5(3-14)18-9;1-2-5-17-9-7-8(13-10(11)14-9)15(3-4-16)6-12-7;2*10-6-3-13(9(15)12-8(6)11)7-2-1-5(4-14)16-7;1-4-2-5(8)6(3-7)9-4;1-3-2-4(6)5(7)8-3/h3,13-16,20H,4-11H2,1-2H3;8H,2-7,9H2,1H3,(H2,22,24,25);2,5-7,9,14-15H,3H2,1H3,(H,12,16,17);6,16H,2-5H2,1H3,(H2,11,13,14);3,5,7,14H,1-2,4H2,(H2,11,12,15);1-3,5,7,14H,4H2,(H2,11,12,15);4-8H,2-3H2,1H3;3-7H,2H2,1H3/t13-,14?,15?,16?,18-,19-;;5-,6+,7-,9-;;2*5-,7+;4-,5-,6+;3-,4-,5-/m0.0.1111/s1. The Bertz CT molecular complexity index is 5470. The summed E-state index contributed by atoms with van der Waals surface area (Å²) in [7, 11) is -4.83. The Morgan fingerprint density at radius 2 is 1.19 bits per heavy atom. The number of alkyl halides is 7. The number of anilines is 4. The average molecular weight is 2020 g/mol. The lowest BCUT2D eigenvalue weighted by molar-refractivity contribution is -0.166. The third-order valence-electron chi connectivity index (χ3n) is 24.0. The second-order valence-electron chi connectivity index (χ2n) is 34.1. The molecule has 7 aromatic heterocycles. The second kappa shape index (κ2) is 50.2. The fourth-order valence-corrected chi connectivity index (χ4v) is 19.9. The average Bonchev–Trinajstić information content (AvgIpc) is 1.25. The molecular weight excluding hydrogens is 1900 g/mol. The molecule has 0 amide bonds. The molecule has 7 aromatic rings. The van der Waals surface area contributed by atoms with Crippen LogP contribution >= 0.6 is 31.1 Å². The van der Waals surface area contributed by atoms with Gasteiger partial charge in [0.2, 0.25) is 11.9 Å². The quantitative estimate of drug-likeness (QED) is 0.00888. The number of imidazole rings is 2. The molecule has 4 saturated heterocycles. The van der Waals surface area contributed by atoms with Crippen molar-refractivity contribution in [3.8, 4) is 0 Å². The van der Waals surface area contributed by atoms with Gasteiger partial charge in [0.05, 0.1) is 95.2 Å². The van der Waals surface area contributed by atoms with Gasteiger partial charge in [-0.2, -0.15) is 46.3 Å². The molecule has 19 N–H and O–H groups in total. The number of fused-ring (bicyclic) bond motifs is 7. The summed E-state index contributed by atoms with van der Waals surface area (Å²) in [6, 6.07) is 0. The van der Waals surface area contributed by atoms with Crippen LogP contribution < -0.4 is 45.6 Å². The predicted octanol–water partition coefficient (Wildman–Crippen LogP) is 5.49. The highest BCUT2D eigenvalue weighted by Crippen LogP contribution is 2.64. The molecule has 20 atom stereocenters. The predicted molar refractivity (Wildman–Crippen MR) is 477 cm³/mol. The van der Waals surface area contributed by atoms with Crippen LogP contribution in [0, 0.1) is 47.1 Å². The van der Waals surface area contributed by atoms with Gasteiger partial charge in [0.25, 0.3) is 5.56 Å². The van der Waals surface area contributed by atoms with Crippen LogP contribution in [0.3, 0.4) is 0 Å². The van der Waals surface area contributed by atoms with E-state index in [1.165, 1.54) is 41.6 Å². The number of nitrogens with one attached hydrogen (secondary N) is 1. The number of H-pyrrole nitrogens is 1. The van der Waals surface area contributed by atoms with Gasteiger partial charge in [0.1, 0.15) is 70.0 Å². The molecule has 0 radical (unpaired) electrons. The Labute approximate surface area is 786 Å². The van der Waals surface area contributed by atoms with Crippen molar-refractivity contribution in [2.45, 2.75) is 266 Å². The molecule has 5 aliphatic heterocycles. The van der Waals surface area contributed by atoms with E-state index in [9.17, 15) is 78.3 Å². The lowest BCUT2D eigenvalue weighted by atomic mass is 9.48. The monoisotopic (exact) mass is 2020 g/mol. The number of aromatic amines is 1. The number of aryl methyl sites for hydroxylation is 1. The van der Waals surface area contributed by atoms with Crippen LogP contribution in [0.5, 0.6) is 0 Å². The van der Waals surface area contributed by atoms with Crippen LogP contribution in [0.15, 0.2) is 84.3 Å². The van der Waals surface area contributed by atoms with Crippen molar-refractivity contribution in [3.63, 3.8) is 0 Å². The van der Waals surface area contributed by atoms with Crippen molar-refractivity contribution < 1.29 is 137 Å². The minimum atomic E-state index is -4.92. The molecule has 766 valence electrons. The van der Waals surface area contributed by atoms with Gasteiger partial charge >= 0.3 is 37.0 Å². The number of nitrogens with two attached hydrogens (primary N) is 4. The van der Waals surface area contributed by atoms with Gasteiger partial charge in [-0.15, -0.1) is 23.5 Å². The van der Waals surface area contributed by atoms with E-state index < -0.39 is 154 Å². The van der Waals surface area contributed by atoms with Crippen molar-refractivity contribution >= 4 is 82.8 Å². The summed E-state index contributed by atoms with van der Waals surface area (Å²) in [5, 5.41) is 91.5. The largest absolute Gasteiger partial charge is 0.412 e. The number of carbonyl (C=O) groups is 1. The number of allylic oxidation sites excluding steroid dienone is 1. The summed E-state index contributed by atoms with van der Waals surface area (Å²) in [6.07, 6.45) is 3.01. The molecule has 4 aliphatic carbocycles. The highest BCUT2D eigenvalue weighted by molar-refractivity contribution is 7.99. The number of aliphatic hydroxyl groups is 10. The van der Waals surface area contributed by atoms with E-state index in [4.69, 9.17) is 92.2 Å². The van der Waals surface area contributed by atoms with Crippen LogP contribution in [0.4, 0.5) is 63.0 Å². The molecule has 54 heteroatoms. The number of aromatic nitrogens is 14. The maximum absolute atomic E-state index is 13.8. The van der Waals surface area contributed by atoms with Crippen LogP contribution in [-0.4, -0.2) is 281 Å². The van der Waals surface area contributed by atoms with Crippen molar-refractivity contribution in [3.05, 3.63) is 114 Å². The van der Waals surface area contributed by atoms with Crippen LogP contribution in [-0.2, 0) is 59.9 Å². The van der Waals surface area contributed by atoms with Crippen molar-refractivity contribution in [1.29, 1.82) is 0 Å². The van der Waals surface area contributed by atoms with E-state index in [-0.39, 0.29) is 93.0 Å². The Morgan fingerprint density at radius 1 is 0.635 bits per heavy atom. The fourth-order valence-electron chi connectivity index (χ4n) is 17.0.